The lowest BCUT2D eigenvalue weighted by Crippen LogP contribution is -2.49. The van der Waals surface area contributed by atoms with Crippen LogP contribution < -0.4 is 5.32 Å². The van der Waals surface area contributed by atoms with Crippen LogP contribution in [0.2, 0.25) is 0 Å². The fourth-order valence-electron chi connectivity index (χ4n) is 5.96. The number of rotatable bonds is 6. The van der Waals surface area contributed by atoms with E-state index in [1.54, 1.807) is 7.11 Å². The van der Waals surface area contributed by atoms with Crippen LogP contribution in [0, 0.1) is 11.8 Å². The molecule has 3 aliphatic rings. The molecule has 2 amide bonds. The monoisotopic (exact) mass is 429 g/mol. The van der Waals surface area contributed by atoms with Gasteiger partial charge in [0.15, 0.2) is 0 Å². The minimum atomic E-state index is -0.545. The van der Waals surface area contributed by atoms with E-state index in [1.807, 2.05) is 35.2 Å². The standard InChI is InChI=1S/C24H35N3O4/c1-15(2)27-13-19-18(16(27)3)12-21(22(19)30-4)26-11-10-20(23(26)28)25-24(29)31-14-17-8-6-5-7-9-17/h5-9,15-16,18-22H,10-14H2,1-4H3,(H,25,29). The van der Waals surface area contributed by atoms with Crippen molar-refractivity contribution in [3.8, 4) is 0 Å². The van der Waals surface area contributed by atoms with Gasteiger partial charge in [0.1, 0.15) is 12.6 Å². The number of amides is 2. The molecule has 3 fully saturated rings. The Kier molecular flexibility index (Phi) is 6.53. The van der Waals surface area contributed by atoms with Gasteiger partial charge in [-0.05, 0) is 45.1 Å². The lowest BCUT2D eigenvalue weighted by Gasteiger charge is -2.34. The highest BCUT2D eigenvalue weighted by Crippen LogP contribution is 2.46. The third kappa shape index (κ3) is 4.30. The molecule has 6 unspecified atom stereocenters. The Morgan fingerprint density at radius 1 is 1.23 bits per heavy atom. The number of carbonyl (C=O) groups excluding carboxylic acids is 2. The van der Waals surface area contributed by atoms with E-state index in [2.05, 4.69) is 31.0 Å². The maximum absolute atomic E-state index is 13.1. The van der Waals surface area contributed by atoms with Gasteiger partial charge < -0.3 is 19.7 Å². The molecule has 2 aliphatic heterocycles. The van der Waals surface area contributed by atoms with Crippen LogP contribution in [0.1, 0.15) is 39.2 Å². The molecule has 170 valence electrons. The topological polar surface area (TPSA) is 71.1 Å². The first-order chi connectivity index (χ1) is 14.9. The smallest absolute Gasteiger partial charge is 0.408 e. The van der Waals surface area contributed by atoms with Gasteiger partial charge in [-0.25, -0.2) is 4.79 Å². The molecule has 4 rings (SSSR count). The SMILES string of the molecule is COC1C2CN(C(C)C)C(C)C2CC1N1CCC(NC(=O)OCc2ccccc2)C1=O. The summed E-state index contributed by atoms with van der Waals surface area (Å²) in [6, 6.07) is 10.1. The minimum Gasteiger partial charge on any atom is -0.445 e. The van der Waals surface area contributed by atoms with Gasteiger partial charge in [0, 0.05) is 38.2 Å². The van der Waals surface area contributed by atoms with Crippen molar-refractivity contribution >= 4 is 12.0 Å². The summed E-state index contributed by atoms with van der Waals surface area (Å²) in [7, 11) is 1.76. The van der Waals surface area contributed by atoms with Crippen molar-refractivity contribution < 1.29 is 19.1 Å². The van der Waals surface area contributed by atoms with Crippen LogP contribution in [0.5, 0.6) is 0 Å². The molecule has 2 heterocycles. The largest absolute Gasteiger partial charge is 0.445 e. The molecule has 1 aliphatic carbocycles. The van der Waals surface area contributed by atoms with E-state index in [-0.39, 0.29) is 24.7 Å². The fraction of sp³-hybridized carbons (Fsp3) is 0.667. The number of ether oxygens (including phenoxy) is 2. The molecule has 6 atom stereocenters. The quantitative estimate of drug-likeness (QED) is 0.753. The first-order valence-electron chi connectivity index (χ1n) is 11.5. The lowest BCUT2D eigenvalue weighted by atomic mass is 9.94. The second-order valence-corrected chi connectivity index (χ2v) is 9.44. The second-order valence-electron chi connectivity index (χ2n) is 9.44. The average Bonchev–Trinajstić information content (AvgIpc) is 3.40. The van der Waals surface area contributed by atoms with Gasteiger partial charge in [0.05, 0.1) is 12.1 Å². The summed E-state index contributed by atoms with van der Waals surface area (Å²) in [6.07, 6.45) is 1.07. The summed E-state index contributed by atoms with van der Waals surface area (Å²) in [5.41, 5.74) is 0.919. The van der Waals surface area contributed by atoms with E-state index in [1.165, 1.54) is 0 Å². The van der Waals surface area contributed by atoms with Crippen molar-refractivity contribution in [2.75, 3.05) is 20.2 Å². The average molecular weight is 430 g/mol. The maximum atomic E-state index is 13.1. The predicted octanol–water partition coefficient (Wildman–Crippen LogP) is 2.65. The van der Waals surface area contributed by atoms with Crippen LogP contribution in [-0.4, -0.2) is 72.3 Å². The second kappa shape index (κ2) is 9.17. The molecule has 1 aromatic carbocycles. The number of hydrogen-bond acceptors (Lipinski definition) is 5. The van der Waals surface area contributed by atoms with Gasteiger partial charge in [-0.2, -0.15) is 0 Å². The molecule has 1 saturated carbocycles. The Bertz CT molecular complexity index is 786. The van der Waals surface area contributed by atoms with E-state index in [4.69, 9.17) is 9.47 Å². The van der Waals surface area contributed by atoms with Crippen molar-refractivity contribution in [1.29, 1.82) is 0 Å². The number of nitrogens with zero attached hydrogens (tertiary/aromatic N) is 2. The summed E-state index contributed by atoms with van der Waals surface area (Å²) >= 11 is 0. The van der Waals surface area contributed by atoms with Gasteiger partial charge in [0.2, 0.25) is 5.91 Å². The summed E-state index contributed by atoms with van der Waals surface area (Å²) < 4.78 is 11.2. The number of alkyl carbamates (subject to hydrolysis) is 1. The maximum Gasteiger partial charge on any atom is 0.408 e. The van der Waals surface area contributed by atoms with Gasteiger partial charge in [0.25, 0.3) is 0 Å². The first kappa shape index (κ1) is 22.1. The molecule has 2 saturated heterocycles. The highest BCUT2D eigenvalue weighted by atomic mass is 16.5. The van der Waals surface area contributed by atoms with Crippen molar-refractivity contribution in [2.24, 2.45) is 11.8 Å². The minimum absolute atomic E-state index is 0.0166. The van der Waals surface area contributed by atoms with Crippen LogP contribution >= 0.6 is 0 Å². The molecule has 31 heavy (non-hydrogen) atoms. The van der Waals surface area contributed by atoms with Crippen molar-refractivity contribution in [2.45, 2.75) is 70.5 Å². The summed E-state index contributed by atoms with van der Waals surface area (Å²) in [5.74, 6) is 0.966. The van der Waals surface area contributed by atoms with Crippen LogP contribution in [0.25, 0.3) is 0 Å². The van der Waals surface area contributed by atoms with Crippen molar-refractivity contribution in [1.82, 2.24) is 15.1 Å². The molecule has 7 nitrogen and oxygen atoms in total. The third-order valence-electron chi connectivity index (χ3n) is 7.51. The normalized spacial score (nSPS) is 33.2. The summed E-state index contributed by atoms with van der Waals surface area (Å²) in [5, 5.41) is 2.76. The number of carbonyl (C=O) groups is 2. The predicted molar refractivity (Wildman–Crippen MR) is 117 cm³/mol. The van der Waals surface area contributed by atoms with Crippen LogP contribution in [0.15, 0.2) is 30.3 Å². The zero-order valence-electron chi connectivity index (χ0n) is 19.0. The number of methoxy groups -OCH3 is 1. The van der Waals surface area contributed by atoms with E-state index in [0.29, 0.717) is 36.9 Å². The van der Waals surface area contributed by atoms with Crippen molar-refractivity contribution in [3.63, 3.8) is 0 Å². The van der Waals surface area contributed by atoms with Crippen LogP contribution in [-0.2, 0) is 20.9 Å². The van der Waals surface area contributed by atoms with Gasteiger partial charge in [-0.15, -0.1) is 0 Å². The Labute approximate surface area is 185 Å². The van der Waals surface area contributed by atoms with E-state index in [0.717, 1.165) is 18.5 Å². The lowest BCUT2D eigenvalue weighted by molar-refractivity contribution is -0.134. The van der Waals surface area contributed by atoms with Crippen LogP contribution in [0.4, 0.5) is 4.79 Å². The van der Waals surface area contributed by atoms with Gasteiger partial charge in [-0.1, -0.05) is 30.3 Å². The van der Waals surface area contributed by atoms with E-state index in [9.17, 15) is 9.59 Å². The molecule has 7 heteroatoms. The molecule has 0 radical (unpaired) electrons. The molecule has 0 aromatic heterocycles. The highest BCUT2D eigenvalue weighted by Gasteiger charge is 2.55. The van der Waals surface area contributed by atoms with Crippen LogP contribution in [0.3, 0.4) is 0 Å². The van der Waals surface area contributed by atoms with E-state index < -0.39 is 12.1 Å². The summed E-state index contributed by atoms with van der Waals surface area (Å²) in [4.78, 5) is 29.9. The number of nitrogens with one attached hydrogen (secondary N) is 1. The first-order valence-corrected chi connectivity index (χ1v) is 11.5. The Hall–Kier alpha value is -2.12. The zero-order valence-corrected chi connectivity index (χ0v) is 19.0. The number of likely N-dealkylation sites (tertiary alicyclic amines) is 2. The zero-order chi connectivity index (χ0) is 22.1. The molecular weight excluding hydrogens is 394 g/mol. The molecular formula is C24H35N3O4. The van der Waals surface area contributed by atoms with Crippen molar-refractivity contribution in [3.05, 3.63) is 35.9 Å². The molecule has 1 N–H and O–H groups in total. The fourth-order valence-corrected chi connectivity index (χ4v) is 5.96. The molecule has 0 bridgehead atoms. The third-order valence-corrected chi connectivity index (χ3v) is 7.51. The highest BCUT2D eigenvalue weighted by molar-refractivity contribution is 5.87. The number of fused-ring (bicyclic) bond motifs is 1. The van der Waals surface area contributed by atoms with Gasteiger partial charge in [-0.3, -0.25) is 9.69 Å². The molecule has 1 aromatic rings. The number of benzene rings is 1. The Morgan fingerprint density at radius 2 is 1.97 bits per heavy atom. The Morgan fingerprint density at radius 3 is 2.65 bits per heavy atom. The molecule has 0 spiro atoms. The Balaban J connectivity index is 1.34. The van der Waals surface area contributed by atoms with E-state index >= 15 is 0 Å². The van der Waals surface area contributed by atoms with Gasteiger partial charge >= 0.3 is 6.09 Å². The number of hydrogen-bond donors (Lipinski definition) is 1. The summed E-state index contributed by atoms with van der Waals surface area (Å²) in [6.45, 7) is 8.66.